The third-order valence-electron chi connectivity index (χ3n) is 8.68. The van der Waals surface area contributed by atoms with Crippen molar-refractivity contribution in [2.24, 2.45) is 16.7 Å². The van der Waals surface area contributed by atoms with E-state index < -0.39 is 34.3 Å². The fourth-order valence-corrected chi connectivity index (χ4v) is 6.70. The summed E-state index contributed by atoms with van der Waals surface area (Å²) in [5.74, 6) is -0.377. The van der Waals surface area contributed by atoms with Crippen LogP contribution in [0.15, 0.2) is 49.1 Å². The standard InChI is InChI=1S/C28H36O6/c1-8-25(4)17-21(29)28(31)26(5,34-25)16-13-20-24(2,3)15-14-22(27(20,28)6)33-23(30)18-9-11-19(32-7)12-10-18/h8-13,16,20,22,31H,1,14-15,17H2,2-7H3/t20-,22-,25-,26+,27+,28+/m0/s1. The minimum absolute atomic E-state index is 0.00167. The van der Waals surface area contributed by atoms with Gasteiger partial charge in [-0.15, -0.1) is 6.58 Å². The lowest BCUT2D eigenvalue weighted by Gasteiger charge is -2.66. The highest BCUT2D eigenvalue weighted by Crippen LogP contribution is 2.65. The van der Waals surface area contributed by atoms with Gasteiger partial charge in [0.1, 0.15) is 17.5 Å². The van der Waals surface area contributed by atoms with Crippen LogP contribution >= 0.6 is 0 Å². The van der Waals surface area contributed by atoms with E-state index in [0.29, 0.717) is 17.7 Å². The minimum Gasteiger partial charge on any atom is -0.497 e. The van der Waals surface area contributed by atoms with Crippen molar-refractivity contribution in [1.29, 1.82) is 0 Å². The third-order valence-corrected chi connectivity index (χ3v) is 8.68. The second-order valence-corrected chi connectivity index (χ2v) is 11.3. The van der Waals surface area contributed by atoms with E-state index in [-0.39, 0.29) is 23.5 Å². The van der Waals surface area contributed by atoms with Crippen molar-refractivity contribution < 1.29 is 28.9 Å². The van der Waals surface area contributed by atoms with Crippen molar-refractivity contribution in [3.05, 3.63) is 54.6 Å². The van der Waals surface area contributed by atoms with E-state index >= 15 is 0 Å². The highest BCUT2D eigenvalue weighted by molar-refractivity contribution is 5.93. The Morgan fingerprint density at radius 3 is 2.41 bits per heavy atom. The second-order valence-electron chi connectivity index (χ2n) is 11.3. The summed E-state index contributed by atoms with van der Waals surface area (Å²) in [6, 6.07) is 6.71. The van der Waals surface area contributed by atoms with Crippen LogP contribution in [0.3, 0.4) is 0 Å². The van der Waals surface area contributed by atoms with Crippen molar-refractivity contribution in [2.75, 3.05) is 7.11 Å². The van der Waals surface area contributed by atoms with Crippen molar-refractivity contribution in [3.8, 4) is 5.75 Å². The molecule has 6 nitrogen and oxygen atoms in total. The lowest BCUT2D eigenvalue weighted by molar-refractivity contribution is -0.290. The van der Waals surface area contributed by atoms with Crippen LogP contribution in [0.5, 0.6) is 5.75 Å². The van der Waals surface area contributed by atoms with Crippen LogP contribution in [0.2, 0.25) is 0 Å². The van der Waals surface area contributed by atoms with Gasteiger partial charge in [0.05, 0.1) is 23.7 Å². The zero-order valence-corrected chi connectivity index (χ0v) is 21.0. The molecule has 1 heterocycles. The third kappa shape index (κ3) is 3.29. The lowest BCUT2D eigenvalue weighted by atomic mass is 9.43. The van der Waals surface area contributed by atoms with Crippen LogP contribution in [0.4, 0.5) is 0 Å². The Kier molecular flexibility index (Phi) is 5.65. The molecule has 3 aliphatic rings. The molecule has 184 valence electrons. The number of aliphatic hydroxyl groups is 1. The molecule has 1 aromatic carbocycles. The lowest BCUT2D eigenvalue weighted by Crippen LogP contribution is -2.79. The zero-order valence-electron chi connectivity index (χ0n) is 21.0. The van der Waals surface area contributed by atoms with Crippen molar-refractivity contribution >= 4 is 11.8 Å². The smallest absolute Gasteiger partial charge is 0.338 e. The number of hydrogen-bond donors (Lipinski definition) is 1. The first-order valence-corrected chi connectivity index (χ1v) is 11.9. The molecule has 2 fully saturated rings. The summed E-state index contributed by atoms with van der Waals surface area (Å²) in [6.45, 7) is 13.5. The maximum Gasteiger partial charge on any atom is 0.338 e. The highest BCUT2D eigenvalue weighted by atomic mass is 16.6. The van der Waals surface area contributed by atoms with Gasteiger partial charge in [-0.25, -0.2) is 4.79 Å². The maximum atomic E-state index is 13.8. The molecule has 0 unspecified atom stereocenters. The van der Waals surface area contributed by atoms with Crippen LogP contribution in [-0.2, 0) is 14.3 Å². The van der Waals surface area contributed by atoms with Gasteiger partial charge in [-0.2, -0.15) is 0 Å². The Hall–Kier alpha value is -2.44. The van der Waals surface area contributed by atoms with Gasteiger partial charge in [0.25, 0.3) is 0 Å². The number of methoxy groups -OCH3 is 1. The number of ketones is 1. The number of hydrogen-bond acceptors (Lipinski definition) is 6. The molecule has 2 aliphatic carbocycles. The van der Waals surface area contributed by atoms with Gasteiger partial charge in [0.2, 0.25) is 0 Å². The molecule has 1 aromatic rings. The molecule has 6 heteroatoms. The average molecular weight is 469 g/mol. The first-order chi connectivity index (χ1) is 15.8. The molecule has 4 rings (SSSR count). The van der Waals surface area contributed by atoms with Crippen LogP contribution in [-0.4, -0.2) is 46.9 Å². The van der Waals surface area contributed by atoms with Gasteiger partial charge < -0.3 is 19.3 Å². The predicted octanol–water partition coefficient (Wildman–Crippen LogP) is 4.66. The zero-order chi connectivity index (χ0) is 25.2. The van der Waals surface area contributed by atoms with E-state index in [9.17, 15) is 14.7 Å². The van der Waals surface area contributed by atoms with Crippen molar-refractivity contribution in [2.45, 2.75) is 76.8 Å². The van der Waals surface area contributed by atoms with E-state index in [1.807, 2.05) is 19.1 Å². The molecule has 34 heavy (non-hydrogen) atoms. The summed E-state index contributed by atoms with van der Waals surface area (Å²) < 4.78 is 17.7. The number of allylic oxidation sites excluding steroid dienone is 1. The van der Waals surface area contributed by atoms with Crippen molar-refractivity contribution in [3.63, 3.8) is 0 Å². The number of carbonyl (C=O) groups excluding carboxylic acids is 2. The topological polar surface area (TPSA) is 82.1 Å². The molecule has 0 aromatic heterocycles. The molecular weight excluding hydrogens is 432 g/mol. The summed E-state index contributed by atoms with van der Waals surface area (Å²) in [5.41, 5.74) is -5.01. The number of rotatable bonds is 4. The van der Waals surface area contributed by atoms with Crippen LogP contribution < -0.4 is 4.74 Å². The van der Waals surface area contributed by atoms with E-state index in [4.69, 9.17) is 14.2 Å². The molecule has 1 N–H and O–H groups in total. The highest BCUT2D eigenvalue weighted by Gasteiger charge is 2.75. The second kappa shape index (κ2) is 7.79. The first kappa shape index (κ1) is 24.7. The van der Waals surface area contributed by atoms with Gasteiger partial charge in [-0.05, 0) is 62.3 Å². The van der Waals surface area contributed by atoms with Crippen LogP contribution in [0.25, 0.3) is 0 Å². The Morgan fingerprint density at radius 1 is 1.18 bits per heavy atom. The summed E-state index contributed by atoms with van der Waals surface area (Å²) >= 11 is 0. The minimum atomic E-state index is -1.88. The number of benzene rings is 1. The quantitative estimate of drug-likeness (QED) is 0.511. The fraction of sp³-hybridized carbons (Fsp3) is 0.571. The van der Waals surface area contributed by atoms with E-state index in [1.54, 1.807) is 51.3 Å². The van der Waals surface area contributed by atoms with Gasteiger partial charge in [-0.3, -0.25) is 4.79 Å². The Bertz CT molecular complexity index is 1040. The number of Topliss-reactive ketones (excluding diaryl/α,β-unsaturated/α-hetero) is 1. The Morgan fingerprint density at radius 2 is 1.82 bits per heavy atom. The normalized spacial score (nSPS) is 40.6. The maximum absolute atomic E-state index is 13.8. The van der Waals surface area contributed by atoms with E-state index in [0.717, 1.165) is 6.42 Å². The molecule has 0 radical (unpaired) electrons. The monoisotopic (exact) mass is 468 g/mol. The molecule has 1 saturated heterocycles. The van der Waals surface area contributed by atoms with Gasteiger partial charge >= 0.3 is 5.97 Å². The molecular formula is C28H36O6. The fourth-order valence-electron chi connectivity index (χ4n) is 6.70. The number of carbonyl (C=O) groups is 2. The summed E-state index contributed by atoms with van der Waals surface area (Å²) in [6.07, 6.45) is 6.11. The largest absolute Gasteiger partial charge is 0.497 e. The number of ether oxygens (including phenoxy) is 3. The summed E-state index contributed by atoms with van der Waals surface area (Å²) in [5, 5.41) is 12.4. The Labute approximate surface area is 202 Å². The first-order valence-electron chi connectivity index (χ1n) is 11.9. The Balaban J connectivity index is 1.79. The summed E-state index contributed by atoms with van der Waals surface area (Å²) in [7, 11) is 1.56. The SMILES string of the molecule is C=C[C@@]1(C)CC(=O)[C@]2(O)[C@@]3(C)[C@@H](OC(=O)c4ccc(OC)cc4)CCC(C)(C)[C@@H]3C=C[C@@]2(C)O1. The van der Waals surface area contributed by atoms with Gasteiger partial charge in [0, 0.05) is 6.42 Å². The van der Waals surface area contributed by atoms with E-state index in [1.165, 1.54) is 0 Å². The van der Waals surface area contributed by atoms with Gasteiger partial charge in [0.15, 0.2) is 11.4 Å². The number of esters is 1. The summed E-state index contributed by atoms with van der Waals surface area (Å²) in [4.78, 5) is 27.0. The molecule has 0 amide bonds. The van der Waals surface area contributed by atoms with Crippen molar-refractivity contribution in [1.82, 2.24) is 0 Å². The molecule has 0 bridgehead atoms. The molecule has 0 spiro atoms. The van der Waals surface area contributed by atoms with E-state index in [2.05, 4.69) is 20.4 Å². The van der Waals surface area contributed by atoms with Crippen LogP contribution in [0, 0.1) is 16.7 Å². The predicted molar refractivity (Wildman–Crippen MR) is 129 cm³/mol. The van der Waals surface area contributed by atoms with Gasteiger partial charge in [-0.1, -0.05) is 39.0 Å². The average Bonchev–Trinajstić information content (AvgIpc) is 2.78. The van der Waals surface area contributed by atoms with Crippen LogP contribution in [0.1, 0.15) is 64.2 Å². The molecule has 1 aliphatic heterocycles. The molecule has 1 saturated carbocycles. The molecule has 6 atom stereocenters. The number of fused-ring (bicyclic) bond motifs is 3.